The number of piperidine rings is 1. The van der Waals surface area contributed by atoms with Gasteiger partial charge in [0.15, 0.2) is 0 Å². The molecular formula is C14H17Cl2N3O2. The quantitative estimate of drug-likeness (QED) is 0.893. The SMILES string of the molecule is NC(=O)C1CCCN(C(=O)NCc2ccc(Cl)cc2Cl)C1. The van der Waals surface area contributed by atoms with E-state index in [1.165, 1.54) is 0 Å². The number of hydrogen-bond donors (Lipinski definition) is 2. The van der Waals surface area contributed by atoms with Crippen molar-refractivity contribution in [2.24, 2.45) is 11.7 Å². The predicted octanol–water partition coefficient (Wildman–Crippen LogP) is 2.40. The van der Waals surface area contributed by atoms with Gasteiger partial charge < -0.3 is 16.0 Å². The zero-order valence-electron chi connectivity index (χ0n) is 11.4. The lowest BCUT2D eigenvalue weighted by atomic mass is 9.98. The molecule has 1 aromatic carbocycles. The van der Waals surface area contributed by atoms with Gasteiger partial charge in [0, 0.05) is 29.7 Å². The van der Waals surface area contributed by atoms with Crippen molar-refractivity contribution in [1.82, 2.24) is 10.2 Å². The van der Waals surface area contributed by atoms with E-state index in [1.807, 2.05) is 0 Å². The largest absolute Gasteiger partial charge is 0.369 e. The van der Waals surface area contributed by atoms with Crippen LogP contribution < -0.4 is 11.1 Å². The molecule has 1 atom stereocenters. The Hall–Kier alpha value is -1.46. The van der Waals surface area contributed by atoms with Gasteiger partial charge in [-0.25, -0.2) is 4.79 Å². The maximum absolute atomic E-state index is 12.1. The first-order chi connectivity index (χ1) is 9.97. The molecule has 1 heterocycles. The molecular weight excluding hydrogens is 313 g/mol. The van der Waals surface area contributed by atoms with E-state index in [2.05, 4.69) is 5.32 Å². The first kappa shape index (κ1) is 15.9. The van der Waals surface area contributed by atoms with Gasteiger partial charge in [-0.3, -0.25) is 4.79 Å². The van der Waals surface area contributed by atoms with Gasteiger partial charge in [-0.1, -0.05) is 29.3 Å². The van der Waals surface area contributed by atoms with Crippen LogP contribution in [0.3, 0.4) is 0 Å². The molecule has 0 aliphatic carbocycles. The summed E-state index contributed by atoms with van der Waals surface area (Å²) < 4.78 is 0. The first-order valence-electron chi connectivity index (χ1n) is 6.73. The first-order valence-corrected chi connectivity index (χ1v) is 7.49. The lowest BCUT2D eigenvalue weighted by molar-refractivity contribution is -0.123. The Bertz CT molecular complexity index is 551. The van der Waals surface area contributed by atoms with Crippen LogP contribution in [0.4, 0.5) is 4.79 Å². The summed E-state index contributed by atoms with van der Waals surface area (Å²) in [7, 11) is 0. The minimum absolute atomic E-state index is 0.216. The lowest BCUT2D eigenvalue weighted by Crippen LogP contribution is -2.47. The van der Waals surface area contributed by atoms with E-state index in [4.69, 9.17) is 28.9 Å². The zero-order valence-corrected chi connectivity index (χ0v) is 13.0. The number of amides is 3. The van der Waals surface area contributed by atoms with Gasteiger partial charge in [0.2, 0.25) is 5.91 Å². The molecule has 21 heavy (non-hydrogen) atoms. The highest BCUT2D eigenvalue weighted by Crippen LogP contribution is 2.21. The topological polar surface area (TPSA) is 75.4 Å². The molecule has 0 bridgehead atoms. The second-order valence-corrected chi connectivity index (χ2v) is 5.93. The summed E-state index contributed by atoms with van der Waals surface area (Å²) in [6.07, 6.45) is 1.52. The molecule has 0 aromatic heterocycles. The van der Waals surface area contributed by atoms with Gasteiger partial charge in [-0.2, -0.15) is 0 Å². The van der Waals surface area contributed by atoms with Crippen LogP contribution in [0.1, 0.15) is 18.4 Å². The van der Waals surface area contributed by atoms with Crippen molar-refractivity contribution in [3.8, 4) is 0 Å². The Morgan fingerprint density at radius 3 is 2.81 bits per heavy atom. The molecule has 5 nitrogen and oxygen atoms in total. The molecule has 3 N–H and O–H groups in total. The highest BCUT2D eigenvalue weighted by Gasteiger charge is 2.26. The van der Waals surface area contributed by atoms with Crippen molar-refractivity contribution >= 4 is 35.1 Å². The smallest absolute Gasteiger partial charge is 0.317 e. The standard InChI is InChI=1S/C14H17Cl2N3O2/c15-11-4-3-9(12(16)6-11)7-18-14(21)19-5-1-2-10(8-19)13(17)20/h3-4,6,10H,1-2,5,7-8H2,(H2,17,20)(H,18,21). The van der Waals surface area contributed by atoms with Gasteiger partial charge >= 0.3 is 6.03 Å². The van der Waals surface area contributed by atoms with Crippen molar-refractivity contribution in [2.75, 3.05) is 13.1 Å². The van der Waals surface area contributed by atoms with E-state index in [0.29, 0.717) is 29.7 Å². The van der Waals surface area contributed by atoms with Crippen LogP contribution in [0.15, 0.2) is 18.2 Å². The summed E-state index contributed by atoms with van der Waals surface area (Å²) in [6.45, 7) is 1.31. The number of carbonyl (C=O) groups is 2. The summed E-state index contributed by atoms with van der Waals surface area (Å²) in [5.74, 6) is -0.614. The second kappa shape index (κ2) is 7.00. The molecule has 1 aliphatic rings. The van der Waals surface area contributed by atoms with E-state index in [0.717, 1.165) is 18.4 Å². The summed E-state index contributed by atoms with van der Waals surface area (Å²) in [4.78, 5) is 24.9. The van der Waals surface area contributed by atoms with Crippen LogP contribution in [0.2, 0.25) is 10.0 Å². The number of urea groups is 1. The number of carbonyl (C=O) groups excluding carboxylic acids is 2. The number of primary amides is 1. The Morgan fingerprint density at radius 2 is 2.14 bits per heavy atom. The van der Waals surface area contributed by atoms with Crippen molar-refractivity contribution in [3.05, 3.63) is 33.8 Å². The molecule has 114 valence electrons. The Kier molecular flexibility index (Phi) is 5.31. The van der Waals surface area contributed by atoms with E-state index in [1.54, 1.807) is 23.1 Å². The number of likely N-dealkylation sites (tertiary alicyclic amines) is 1. The third-order valence-electron chi connectivity index (χ3n) is 3.56. The minimum Gasteiger partial charge on any atom is -0.369 e. The van der Waals surface area contributed by atoms with Crippen LogP contribution >= 0.6 is 23.2 Å². The number of nitrogens with one attached hydrogen (secondary N) is 1. The number of hydrogen-bond acceptors (Lipinski definition) is 2. The zero-order chi connectivity index (χ0) is 15.4. The van der Waals surface area contributed by atoms with Crippen LogP contribution in [0.25, 0.3) is 0 Å². The van der Waals surface area contributed by atoms with Crippen molar-refractivity contribution < 1.29 is 9.59 Å². The van der Waals surface area contributed by atoms with Gasteiger partial charge in [-0.05, 0) is 30.5 Å². The van der Waals surface area contributed by atoms with E-state index >= 15 is 0 Å². The molecule has 1 fully saturated rings. The average molecular weight is 330 g/mol. The molecule has 2 rings (SSSR count). The van der Waals surface area contributed by atoms with Gasteiger partial charge in [0.05, 0.1) is 5.92 Å². The Labute approximate surface area is 133 Å². The molecule has 7 heteroatoms. The molecule has 1 saturated heterocycles. The Balaban J connectivity index is 1.90. The molecule has 0 spiro atoms. The normalized spacial score (nSPS) is 18.4. The van der Waals surface area contributed by atoms with Gasteiger partial charge in [0.1, 0.15) is 0 Å². The minimum atomic E-state index is -0.353. The summed E-state index contributed by atoms with van der Waals surface area (Å²) in [5.41, 5.74) is 6.09. The van der Waals surface area contributed by atoms with Crippen LogP contribution in [-0.2, 0) is 11.3 Å². The van der Waals surface area contributed by atoms with Gasteiger partial charge in [0.25, 0.3) is 0 Å². The number of halogens is 2. The van der Waals surface area contributed by atoms with Crippen molar-refractivity contribution in [3.63, 3.8) is 0 Å². The van der Waals surface area contributed by atoms with Crippen LogP contribution in [-0.4, -0.2) is 29.9 Å². The van der Waals surface area contributed by atoms with Crippen LogP contribution in [0, 0.1) is 5.92 Å². The molecule has 0 saturated carbocycles. The summed E-state index contributed by atoms with van der Waals surface area (Å²) in [5, 5.41) is 3.86. The molecule has 0 radical (unpaired) electrons. The maximum Gasteiger partial charge on any atom is 0.317 e. The fourth-order valence-electron chi connectivity index (χ4n) is 2.34. The van der Waals surface area contributed by atoms with Crippen LogP contribution in [0.5, 0.6) is 0 Å². The molecule has 1 unspecified atom stereocenters. The number of rotatable bonds is 3. The molecule has 1 aromatic rings. The van der Waals surface area contributed by atoms with E-state index < -0.39 is 0 Å². The summed E-state index contributed by atoms with van der Waals surface area (Å²) in [6, 6.07) is 4.91. The number of nitrogens with zero attached hydrogens (tertiary/aromatic N) is 1. The van der Waals surface area contributed by atoms with Crippen molar-refractivity contribution in [1.29, 1.82) is 0 Å². The third-order valence-corrected chi connectivity index (χ3v) is 4.14. The summed E-state index contributed by atoms with van der Waals surface area (Å²) >= 11 is 11.9. The van der Waals surface area contributed by atoms with Gasteiger partial charge in [-0.15, -0.1) is 0 Å². The number of benzene rings is 1. The molecule has 3 amide bonds. The fraction of sp³-hybridized carbons (Fsp3) is 0.429. The molecule has 1 aliphatic heterocycles. The maximum atomic E-state index is 12.1. The second-order valence-electron chi connectivity index (χ2n) is 5.08. The lowest BCUT2D eigenvalue weighted by Gasteiger charge is -2.31. The van der Waals surface area contributed by atoms with E-state index in [9.17, 15) is 9.59 Å². The highest BCUT2D eigenvalue weighted by molar-refractivity contribution is 6.35. The predicted molar refractivity (Wildman–Crippen MR) is 82.2 cm³/mol. The monoisotopic (exact) mass is 329 g/mol. The fourth-order valence-corrected chi connectivity index (χ4v) is 2.82. The van der Waals surface area contributed by atoms with Crippen molar-refractivity contribution in [2.45, 2.75) is 19.4 Å². The number of nitrogens with two attached hydrogens (primary N) is 1. The third kappa shape index (κ3) is 4.25. The highest BCUT2D eigenvalue weighted by atomic mass is 35.5. The Morgan fingerprint density at radius 1 is 1.38 bits per heavy atom. The van der Waals surface area contributed by atoms with E-state index in [-0.39, 0.29) is 17.9 Å². The average Bonchev–Trinajstić information content (AvgIpc) is 2.46.